The third-order valence-electron chi connectivity index (χ3n) is 1.89. The Hall–Kier alpha value is -1.14. The Labute approximate surface area is 105 Å². The number of benzene rings is 1. The molecule has 1 aromatic rings. The summed E-state index contributed by atoms with van der Waals surface area (Å²) in [5, 5.41) is 10.6. The maximum atomic E-state index is 11.5. The SMILES string of the molecule is COc1cc([N+](=O)[O-])c(Cl)cc1C(=O)CBr. The number of carbonyl (C=O) groups is 1. The molecule has 0 fully saturated rings. The second kappa shape index (κ2) is 5.27. The van der Waals surface area contributed by atoms with E-state index in [9.17, 15) is 14.9 Å². The number of ether oxygens (including phenoxy) is 1. The number of Topliss-reactive ketones (excluding diaryl/α,β-unsaturated/α-hetero) is 1. The van der Waals surface area contributed by atoms with E-state index >= 15 is 0 Å². The number of nitro benzene ring substituents is 1. The van der Waals surface area contributed by atoms with Crippen LogP contribution in [0.15, 0.2) is 12.1 Å². The molecule has 7 heteroatoms. The zero-order chi connectivity index (χ0) is 12.3. The first-order valence-electron chi connectivity index (χ1n) is 4.12. The third kappa shape index (κ3) is 2.51. The average Bonchev–Trinajstić information content (AvgIpc) is 2.27. The van der Waals surface area contributed by atoms with E-state index in [1.54, 1.807) is 0 Å². The molecule has 0 aliphatic heterocycles. The van der Waals surface area contributed by atoms with Crippen LogP contribution in [0, 0.1) is 10.1 Å². The Kier molecular flexibility index (Phi) is 4.26. The average molecular weight is 309 g/mol. The van der Waals surface area contributed by atoms with Gasteiger partial charge in [-0.3, -0.25) is 14.9 Å². The highest BCUT2D eigenvalue weighted by atomic mass is 79.9. The van der Waals surface area contributed by atoms with Crippen molar-refractivity contribution in [1.82, 2.24) is 0 Å². The summed E-state index contributed by atoms with van der Waals surface area (Å²) in [7, 11) is 1.33. The van der Waals surface area contributed by atoms with Gasteiger partial charge in [0.25, 0.3) is 5.69 Å². The first-order chi connectivity index (χ1) is 7.51. The van der Waals surface area contributed by atoms with Gasteiger partial charge in [0.1, 0.15) is 10.8 Å². The van der Waals surface area contributed by atoms with Crippen molar-refractivity contribution in [2.75, 3.05) is 12.4 Å². The highest BCUT2D eigenvalue weighted by molar-refractivity contribution is 9.09. The van der Waals surface area contributed by atoms with E-state index in [4.69, 9.17) is 16.3 Å². The molecule has 0 aromatic heterocycles. The number of nitrogens with zero attached hydrogens (tertiary/aromatic N) is 1. The molecule has 1 rings (SSSR count). The highest BCUT2D eigenvalue weighted by Crippen LogP contribution is 2.32. The summed E-state index contributed by atoms with van der Waals surface area (Å²) in [4.78, 5) is 21.5. The largest absolute Gasteiger partial charge is 0.496 e. The molecule has 5 nitrogen and oxygen atoms in total. The van der Waals surface area contributed by atoms with Gasteiger partial charge in [0.05, 0.1) is 29.0 Å². The molecule has 1 aromatic carbocycles. The first-order valence-corrected chi connectivity index (χ1v) is 5.62. The van der Waals surface area contributed by atoms with Crippen molar-refractivity contribution >= 4 is 39.0 Å². The molecule has 0 N–H and O–H groups in total. The molecule has 16 heavy (non-hydrogen) atoms. The van der Waals surface area contributed by atoms with Crippen LogP contribution in [0.2, 0.25) is 5.02 Å². The molecule has 0 spiro atoms. The lowest BCUT2D eigenvalue weighted by Crippen LogP contribution is -2.04. The van der Waals surface area contributed by atoms with E-state index in [-0.39, 0.29) is 33.1 Å². The number of rotatable bonds is 4. The highest BCUT2D eigenvalue weighted by Gasteiger charge is 2.20. The van der Waals surface area contributed by atoms with Crippen LogP contribution in [0.25, 0.3) is 0 Å². The molecule has 0 radical (unpaired) electrons. The smallest absolute Gasteiger partial charge is 0.291 e. The predicted octanol–water partition coefficient (Wildman–Crippen LogP) is 2.83. The molecule has 0 bridgehead atoms. The van der Waals surface area contributed by atoms with E-state index in [0.717, 1.165) is 6.07 Å². The van der Waals surface area contributed by atoms with Gasteiger partial charge in [0, 0.05) is 0 Å². The summed E-state index contributed by atoms with van der Waals surface area (Å²) >= 11 is 8.69. The predicted molar refractivity (Wildman–Crippen MR) is 62.8 cm³/mol. The fraction of sp³-hybridized carbons (Fsp3) is 0.222. The van der Waals surface area contributed by atoms with Gasteiger partial charge in [-0.1, -0.05) is 27.5 Å². The summed E-state index contributed by atoms with van der Waals surface area (Å²) in [6, 6.07) is 2.38. The van der Waals surface area contributed by atoms with Crippen molar-refractivity contribution in [2.24, 2.45) is 0 Å². The number of hydrogen-bond acceptors (Lipinski definition) is 4. The lowest BCUT2D eigenvalue weighted by Gasteiger charge is -2.07. The topological polar surface area (TPSA) is 69.4 Å². The number of halogens is 2. The van der Waals surface area contributed by atoms with Crippen molar-refractivity contribution in [2.45, 2.75) is 0 Å². The first kappa shape index (κ1) is 12.9. The van der Waals surface area contributed by atoms with E-state index in [0.29, 0.717) is 0 Å². The number of methoxy groups -OCH3 is 1. The Morgan fingerprint density at radius 3 is 2.69 bits per heavy atom. The lowest BCUT2D eigenvalue weighted by atomic mass is 10.1. The molecule has 86 valence electrons. The number of hydrogen-bond donors (Lipinski definition) is 0. The van der Waals surface area contributed by atoms with E-state index in [1.165, 1.54) is 13.2 Å². The van der Waals surface area contributed by atoms with E-state index < -0.39 is 4.92 Å². The van der Waals surface area contributed by atoms with Crippen LogP contribution in [-0.4, -0.2) is 23.1 Å². The summed E-state index contributed by atoms with van der Waals surface area (Å²) in [6.07, 6.45) is 0. The van der Waals surface area contributed by atoms with Crippen molar-refractivity contribution < 1.29 is 14.5 Å². The van der Waals surface area contributed by atoms with Crippen molar-refractivity contribution in [3.8, 4) is 5.75 Å². The number of nitro groups is 1. The Bertz CT molecular complexity index is 449. The van der Waals surface area contributed by atoms with Crippen LogP contribution < -0.4 is 4.74 Å². The molecule has 0 saturated heterocycles. The molecule has 0 amide bonds. The van der Waals surface area contributed by atoms with Gasteiger partial charge >= 0.3 is 0 Å². The minimum Gasteiger partial charge on any atom is -0.496 e. The molecular weight excluding hydrogens is 301 g/mol. The second-order valence-electron chi connectivity index (χ2n) is 2.82. The molecule has 0 atom stereocenters. The Morgan fingerprint density at radius 2 is 2.25 bits per heavy atom. The van der Waals surface area contributed by atoms with Gasteiger partial charge < -0.3 is 4.74 Å². The van der Waals surface area contributed by atoms with Crippen LogP contribution in [0.1, 0.15) is 10.4 Å². The standard InChI is InChI=1S/C9H7BrClNO4/c1-16-9-3-7(12(14)15)6(11)2-5(9)8(13)4-10/h2-3H,4H2,1H3. The number of alkyl halides is 1. The van der Waals surface area contributed by atoms with Crippen LogP contribution in [0.3, 0.4) is 0 Å². The maximum Gasteiger partial charge on any atom is 0.291 e. The van der Waals surface area contributed by atoms with Gasteiger partial charge in [0.15, 0.2) is 5.78 Å². The number of carbonyl (C=O) groups excluding carboxylic acids is 1. The summed E-state index contributed by atoms with van der Waals surface area (Å²) < 4.78 is 4.91. The van der Waals surface area contributed by atoms with Crippen molar-refractivity contribution in [1.29, 1.82) is 0 Å². The summed E-state index contributed by atoms with van der Waals surface area (Å²) in [5.74, 6) is -0.116. The van der Waals surface area contributed by atoms with E-state index in [2.05, 4.69) is 15.9 Å². The van der Waals surface area contributed by atoms with Crippen molar-refractivity contribution in [3.63, 3.8) is 0 Å². The van der Waals surface area contributed by atoms with Gasteiger partial charge in [-0.2, -0.15) is 0 Å². The van der Waals surface area contributed by atoms with Gasteiger partial charge in [-0.25, -0.2) is 0 Å². The van der Waals surface area contributed by atoms with E-state index in [1.807, 2.05) is 0 Å². The summed E-state index contributed by atoms with van der Waals surface area (Å²) in [6.45, 7) is 0. The third-order valence-corrected chi connectivity index (χ3v) is 2.70. The zero-order valence-corrected chi connectivity index (χ0v) is 10.5. The molecular formula is C9H7BrClNO4. The molecule has 0 aliphatic rings. The molecule has 0 saturated carbocycles. The summed E-state index contributed by atoms with van der Waals surface area (Å²) in [5.41, 5.74) is -0.0698. The van der Waals surface area contributed by atoms with Gasteiger partial charge in [-0.05, 0) is 6.07 Å². The van der Waals surface area contributed by atoms with Crippen LogP contribution >= 0.6 is 27.5 Å². The molecule has 0 aliphatic carbocycles. The van der Waals surface area contributed by atoms with Crippen molar-refractivity contribution in [3.05, 3.63) is 32.8 Å². The second-order valence-corrected chi connectivity index (χ2v) is 3.79. The fourth-order valence-electron chi connectivity index (χ4n) is 1.14. The van der Waals surface area contributed by atoms with Crippen LogP contribution in [-0.2, 0) is 0 Å². The lowest BCUT2D eigenvalue weighted by molar-refractivity contribution is -0.384. The van der Waals surface area contributed by atoms with Crippen LogP contribution in [0.5, 0.6) is 5.75 Å². The Morgan fingerprint density at radius 1 is 1.62 bits per heavy atom. The quantitative estimate of drug-likeness (QED) is 0.371. The zero-order valence-electron chi connectivity index (χ0n) is 8.20. The fourth-order valence-corrected chi connectivity index (χ4v) is 1.68. The molecule has 0 unspecified atom stereocenters. The van der Waals surface area contributed by atoms with Gasteiger partial charge in [0.2, 0.25) is 0 Å². The normalized spacial score (nSPS) is 9.94. The maximum absolute atomic E-state index is 11.5. The minimum atomic E-state index is -0.632. The number of ketones is 1. The Balaban J connectivity index is 3.37. The molecule has 0 heterocycles. The van der Waals surface area contributed by atoms with Crippen LogP contribution in [0.4, 0.5) is 5.69 Å². The minimum absolute atomic E-state index is 0.0879. The van der Waals surface area contributed by atoms with Gasteiger partial charge in [-0.15, -0.1) is 0 Å². The monoisotopic (exact) mass is 307 g/mol.